The molecule has 28 nitrogen and oxygen atoms in total. The molecule has 3 aliphatic heterocycles. The van der Waals surface area contributed by atoms with E-state index in [1.54, 1.807) is 33.7 Å². The van der Waals surface area contributed by atoms with Crippen LogP contribution in [0.5, 0.6) is 17.2 Å². The first-order chi connectivity index (χ1) is 68.0. The number of benzene rings is 8. The number of aromatic hydroxyl groups is 1. The van der Waals surface area contributed by atoms with E-state index < -0.39 is 76.7 Å². The number of anilines is 4. The van der Waals surface area contributed by atoms with Crippen molar-refractivity contribution in [2.24, 2.45) is 0 Å². The monoisotopic (exact) mass is 1980 g/mol. The number of hydrogen-bond donors (Lipinski definition) is 9. The molecule has 7 heterocycles. The molecule has 9 N–H and O–H groups in total. The molecule has 0 spiro atoms. The van der Waals surface area contributed by atoms with E-state index in [4.69, 9.17) is 19.2 Å². The van der Waals surface area contributed by atoms with Crippen LogP contribution in [0.2, 0.25) is 0 Å². The molecule has 0 unspecified atom stereocenters. The minimum atomic E-state index is -4.56. The number of halogens is 12. The minimum Gasteiger partial charge on any atom is -0.506 e. The van der Waals surface area contributed by atoms with Gasteiger partial charge in [0.2, 0.25) is 29.7 Å². The van der Waals surface area contributed by atoms with Crippen molar-refractivity contribution in [1.82, 2.24) is 52.9 Å². The van der Waals surface area contributed by atoms with E-state index in [9.17, 15) is 102 Å². The average Bonchev–Trinajstić information content (AvgIpc) is 1.63. The van der Waals surface area contributed by atoms with Gasteiger partial charge in [0.25, 0.3) is 23.6 Å². The molecule has 0 atom stereocenters. The maximum atomic E-state index is 13.2. The molecule has 3 saturated heterocycles. The molecule has 4 aliphatic carbocycles. The van der Waals surface area contributed by atoms with Gasteiger partial charge in [-0.05, 0) is 262 Å². The van der Waals surface area contributed by atoms with Gasteiger partial charge in [-0.2, -0.15) is 52.7 Å². The number of carbonyl (C=O) groups is 5. The molecule has 12 aromatic rings. The summed E-state index contributed by atoms with van der Waals surface area (Å²) in [6.45, 7) is 9.02. The summed E-state index contributed by atoms with van der Waals surface area (Å²) in [5, 5.41) is 61.0. The van der Waals surface area contributed by atoms with Crippen LogP contribution < -0.4 is 30.7 Å². The molecule has 7 aliphatic rings. The number of phenolic OH excluding ortho intramolecular Hbond substituents is 1. The van der Waals surface area contributed by atoms with Crippen molar-refractivity contribution in [3.8, 4) is 17.2 Å². The van der Waals surface area contributed by atoms with Crippen molar-refractivity contribution >= 4 is 97.5 Å². The smallest absolute Gasteiger partial charge is 0.416 e. The zero-order valence-electron chi connectivity index (χ0n) is 77.6. The number of rotatable bonds is 22. The minimum absolute atomic E-state index is 0.00862. The Labute approximate surface area is 808 Å². The number of imidazole rings is 4. The fourth-order valence-electron chi connectivity index (χ4n) is 19.5. The lowest BCUT2D eigenvalue weighted by Gasteiger charge is -2.28. The van der Waals surface area contributed by atoms with Gasteiger partial charge in [0.15, 0.2) is 0 Å². The fraction of sp³-hybridized carbons (Fsp3) is 0.441. The highest BCUT2D eigenvalue weighted by molar-refractivity contribution is 6.07. The largest absolute Gasteiger partial charge is 0.506 e. The third-order valence-corrected chi connectivity index (χ3v) is 27.0. The summed E-state index contributed by atoms with van der Waals surface area (Å²) in [6.07, 6.45) is -4.29. The first kappa shape index (κ1) is 102. The van der Waals surface area contributed by atoms with E-state index in [1.807, 2.05) is 50.1 Å². The molecule has 8 aromatic carbocycles. The van der Waals surface area contributed by atoms with Crippen molar-refractivity contribution in [3.63, 3.8) is 0 Å². The summed E-state index contributed by atoms with van der Waals surface area (Å²) >= 11 is 0. The summed E-state index contributed by atoms with van der Waals surface area (Å²) in [4.78, 5) is 88.4. The van der Waals surface area contributed by atoms with Gasteiger partial charge in [0.05, 0.1) is 105 Å². The van der Waals surface area contributed by atoms with E-state index in [0.29, 0.717) is 156 Å². The standard InChI is InChI=1S/C27H29F3N4O4.C27H31F3N4O4.C27H31F3N4O2.C21H20F3N3O3/c28-27(29,30)18-4-1-3-17(15-18)25(37)32-26-31-22-16-21(38-14-13-33-12-2-5-24(33)36)10-11-23(22)34(26)19-6-8-20(35)9-7-19;28-27(29,30)19-3-1-2-18(16-19)25(36)32-26-31-23-17-22(38-15-12-33-10-13-37-14-11-33)8-9-24(23)34(26)20-4-6-21(35)7-5-20;28-27(29,30)20-6-4-5-19(16-20)25(36)32-26-31-23-15-18(17-33-13-2-1-3-14-33)7-12-24(23)34(26)21-8-10-22(35)11-9-21;22-21(23,24)13-4-1-3-12(11-13)19(30)26-20-25-16-5-2-6-17(29)18(16)27(20)14-7-9-15(28)10-8-14/h1,3-4,10-11,15-16,19-20,35H,2,5-9,12-14H2,(H,31,32,37);1-3,8-9,16-17,20-21,35H,4-7,10-15H2,(H,31,32,36);4-7,12,15-16,21-22,35H,1-3,8-11,13-14,17H2,(H,31,32,36);1-6,11,14-15,28-29H,7-10H2,(H,25,26,30). The maximum Gasteiger partial charge on any atom is 0.416 e. The number of phenols is 1. The molecular weight excluding hydrogens is 1870 g/mol. The van der Waals surface area contributed by atoms with Crippen LogP contribution in [0.25, 0.3) is 44.1 Å². The number of likely N-dealkylation sites (tertiary alicyclic amines) is 2. The van der Waals surface area contributed by atoms with E-state index >= 15 is 0 Å². The molecule has 4 aromatic heterocycles. The normalized spacial score (nSPS) is 20.6. The number of para-hydroxylation sites is 1. The third kappa shape index (κ3) is 25.5. The molecule has 756 valence electrons. The van der Waals surface area contributed by atoms with Crippen LogP contribution in [0.15, 0.2) is 170 Å². The zero-order valence-corrected chi connectivity index (χ0v) is 77.6. The van der Waals surface area contributed by atoms with Crippen molar-refractivity contribution in [2.75, 3.05) is 93.5 Å². The van der Waals surface area contributed by atoms with Gasteiger partial charge in [-0.25, -0.2) is 19.9 Å². The number of hydrogen-bond acceptors (Lipinski definition) is 19. The number of aliphatic hydroxyl groups is 4. The number of ether oxygens (including phenoxy) is 3. The van der Waals surface area contributed by atoms with E-state index in [0.717, 1.165) is 154 Å². The fourth-order valence-corrected chi connectivity index (χ4v) is 19.5. The van der Waals surface area contributed by atoms with Gasteiger partial charge in [0, 0.05) is 97.7 Å². The first-order valence-corrected chi connectivity index (χ1v) is 48.0. The average molecular weight is 1980 g/mol. The number of carbonyl (C=O) groups excluding carboxylic acids is 5. The Morgan fingerprint density at radius 1 is 0.366 bits per heavy atom. The number of aromatic nitrogens is 8. The van der Waals surface area contributed by atoms with Crippen LogP contribution >= 0.6 is 0 Å². The number of piperidine rings is 1. The van der Waals surface area contributed by atoms with Crippen LogP contribution in [-0.2, 0) is 40.8 Å². The summed E-state index contributed by atoms with van der Waals surface area (Å²) in [6, 6.07) is 38.9. The van der Waals surface area contributed by atoms with Gasteiger partial charge < -0.3 is 62.9 Å². The molecule has 0 radical (unpaired) electrons. The summed E-state index contributed by atoms with van der Waals surface area (Å²) in [7, 11) is 0. The molecule has 0 bridgehead atoms. The number of amides is 5. The van der Waals surface area contributed by atoms with E-state index in [2.05, 4.69) is 52.1 Å². The van der Waals surface area contributed by atoms with Gasteiger partial charge in [-0.3, -0.25) is 55.0 Å². The lowest BCUT2D eigenvalue weighted by atomic mass is 9.93. The molecule has 4 saturated carbocycles. The molecule has 7 fully saturated rings. The number of alkyl halides is 12. The highest BCUT2D eigenvalue weighted by Gasteiger charge is 2.39. The van der Waals surface area contributed by atoms with Crippen LogP contribution in [0, 0.1) is 0 Å². The third-order valence-electron chi connectivity index (χ3n) is 27.0. The molecular formula is C102H111F12N15O13. The Bertz CT molecular complexity index is 6430. The van der Waals surface area contributed by atoms with Crippen LogP contribution in [0.1, 0.15) is 228 Å². The predicted octanol–water partition coefficient (Wildman–Crippen LogP) is 19.5. The number of nitrogens with zero attached hydrogens (tertiary/aromatic N) is 11. The zero-order chi connectivity index (χ0) is 100. The second-order valence-corrected chi connectivity index (χ2v) is 36.9. The van der Waals surface area contributed by atoms with Gasteiger partial charge >= 0.3 is 24.7 Å². The lowest BCUT2D eigenvalue weighted by molar-refractivity contribution is -0.138. The van der Waals surface area contributed by atoms with Gasteiger partial charge in [-0.1, -0.05) is 42.8 Å². The Balaban J connectivity index is 0.000000137. The first-order valence-electron chi connectivity index (χ1n) is 48.0. The topological polar surface area (TPSA) is 343 Å². The van der Waals surface area contributed by atoms with Crippen LogP contribution in [0.3, 0.4) is 0 Å². The van der Waals surface area contributed by atoms with Crippen molar-refractivity contribution in [2.45, 2.75) is 215 Å². The second-order valence-electron chi connectivity index (χ2n) is 36.9. The number of fused-ring (bicyclic) bond motifs is 4. The number of nitrogens with one attached hydrogen (secondary N) is 4. The van der Waals surface area contributed by atoms with Crippen molar-refractivity contribution in [3.05, 3.63) is 220 Å². The second kappa shape index (κ2) is 44.8. The SMILES string of the molecule is O=C(Nc1nc2cc(CN3CCCCC3)ccc2n1C1CCC(O)CC1)c1cccc(C(F)(F)F)c1.O=C(Nc1nc2cc(OCCN3CCCC3=O)ccc2n1C1CCC(O)CC1)c1cccc(C(F)(F)F)c1.O=C(Nc1nc2cc(OCCN3CCOCC3)ccc2n1C1CCC(O)CC1)c1cccc(C(F)(F)F)c1.O=C(Nc1nc2cccc(O)c2n1C1CCC(O)CC1)c1cccc(C(F)(F)F)c1. The lowest BCUT2D eigenvalue weighted by Crippen LogP contribution is -2.38. The number of aliphatic hydroxyl groups excluding tert-OH is 4. The molecule has 142 heavy (non-hydrogen) atoms. The number of morpholine rings is 1. The van der Waals surface area contributed by atoms with Crippen LogP contribution in [-0.4, -0.2) is 205 Å². The Morgan fingerprint density at radius 2 is 0.711 bits per heavy atom. The van der Waals surface area contributed by atoms with Crippen molar-refractivity contribution in [1.29, 1.82) is 0 Å². The Morgan fingerprint density at radius 3 is 1.08 bits per heavy atom. The van der Waals surface area contributed by atoms with Gasteiger partial charge in [-0.15, -0.1) is 0 Å². The highest BCUT2D eigenvalue weighted by Crippen LogP contribution is 2.44. The van der Waals surface area contributed by atoms with Gasteiger partial charge in [0.1, 0.15) is 36.0 Å². The summed E-state index contributed by atoms with van der Waals surface area (Å²) in [5.41, 5.74) is 2.33. The predicted molar refractivity (Wildman–Crippen MR) is 505 cm³/mol. The molecule has 5 amide bonds. The molecule has 19 rings (SSSR count). The Hall–Kier alpha value is -12.7. The molecule has 40 heteroatoms. The Kier molecular flexibility index (Phi) is 32.3. The maximum absolute atomic E-state index is 13.2. The summed E-state index contributed by atoms with van der Waals surface area (Å²) < 4.78 is 182. The summed E-state index contributed by atoms with van der Waals surface area (Å²) in [5.74, 6) is -0.464. The van der Waals surface area contributed by atoms with Crippen LogP contribution in [0.4, 0.5) is 76.5 Å². The van der Waals surface area contributed by atoms with E-state index in [-0.39, 0.29) is 94.2 Å². The van der Waals surface area contributed by atoms with Crippen molar-refractivity contribution < 1.29 is 116 Å². The van der Waals surface area contributed by atoms with E-state index in [1.165, 1.54) is 73.9 Å². The highest BCUT2D eigenvalue weighted by atomic mass is 19.4. The quantitative estimate of drug-likeness (QED) is 0.0285.